The lowest BCUT2D eigenvalue weighted by Gasteiger charge is -2.06. The zero-order chi connectivity index (χ0) is 24.2. The number of amides is 1. The molecule has 1 unspecified atom stereocenters. The second-order valence-corrected chi connectivity index (χ2v) is 9.32. The number of carbonyl (C=O) groups excluding carboxylic acids is 1. The number of phenols is 1. The van der Waals surface area contributed by atoms with Crippen LogP contribution >= 0.6 is 0 Å². The van der Waals surface area contributed by atoms with E-state index in [1.54, 1.807) is 24.5 Å². The molecule has 0 spiro atoms. The van der Waals surface area contributed by atoms with Gasteiger partial charge >= 0.3 is 0 Å². The molecule has 1 atom stereocenters. The van der Waals surface area contributed by atoms with E-state index in [0.29, 0.717) is 5.56 Å². The van der Waals surface area contributed by atoms with Crippen molar-refractivity contribution in [1.29, 1.82) is 0 Å². The Morgan fingerprint density at radius 1 is 1.03 bits per heavy atom. The van der Waals surface area contributed by atoms with Crippen LogP contribution in [0.4, 0.5) is 4.39 Å². The highest BCUT2D eigenvalue weighted by Gasteiger charge is 2.25. The third kappa shape index (κ3) is 5.21. The van der Waals surface area contributed by atoms with Crippen LogP contribution in [0.3, 0.4) is 0 Å². The van der Waals surface area contributed by atoms with Gasteiger partial charge in [-0.2, -0.15) is 5.10 Å². The van der Waals surface area contributed by atoms with Crippen molar-refractivity contribution in [2.24, 2.45) is 5.10 Å². The first-order valence-electron chi connectivity index (χ1n) is 10.6. The molecule has 5 nitrogen and oxygen atoms in total. The molecule has 0 heterocycles. The minimum Gasteiger partial charge on any atom is -0.508 e. The fourth-order valence-corrected chi connectivity index (χ4v) is 4.36. The highest BCUT2D eigenvalue weighted by Crippen LogP contribution is 2.43. The van der Waals surface area contributed by atoms with Gasteiger partial charge in [-0.1, -0.05) is 18.2 Å². The molecule has 0 fully saturated rings. The van der Waals surface area contributed by atoms with Gasteiger partial charge < -0.3 is 5.11 Å². The highest BCUT2D eigenvalue weighted by molar-refractivity contribution is 7.84. The van der Waals surface area contributed by atoms with Gasteiger partial charge in [0.15, 0.2) is 0 Å². The molecule has 4 rings (SSSR count). The number of hydrazone groups is 1. The second-order valence-electron chi connectivity index (χ2n) is 7.94. The second kappa shape index (κ2) is 9.97. The number of hydrogen-bond donors (Lipinski definition) is 2. The molecule has 0 radical (unpaired) electrons. The van der Waals surface area contributed by atoms with Crippen molar-refractivity contribution in [3.8, 4) is 5.75 Å². The molecular formula is C27H23FN2O3S. The van der Waals surface area contributed by atoms with Gasteiger partial charge in [0.25, 0.3) is 0 Å². The van der Waals surface area contributed by atoms with Gasteiger partial charge in [0.05, 0.1) is 12.6 Å². The molecule has 172 valence electrons. The van der Waals surface area contributed by atoms with Gasteiger partial charge in [-0.25, -0.2) is 9.82 Å². The number of nitrogens with zero attached hydrogens (tertiary/aromatic N) is 1. The predicted octanol–water partition coefficient (Wildman–Crippen LogP) is 5.14. The molecule has 0 aliphatic heterocycles. The molecule has 0 bridgehead atoms. The standard InChI is InChI=1S/C27H23FN2O3S/c1-17-24(13-18-5-10-22(11-6-18)34(2)33)23-12-7-20(28)14-26(23)25(17)15-27(32)30-29-16-19-3-8-21(31)9-4-19/h3-14,16,31H,15H2,1-2H3,(H,30,32)/b24-13-,29-16?. The third-order valence-corrected chi connectivity index (χ3v) is 6.55. The van der Waals surface area contributed by atoms with Gasteiger partial charge in [0, 0.05) is 22.0 Å². The van der Waals surface area contributed by atoms with Crippen molar-refractivity contribution in [2.45, 2.75) is 18.2 Å². The van der Waals surface area contributed by atoms with Crippen molar-refractivity contribution < 1.29 is 18.5 Å². The van der Waals surface area contributed by atoms with Crippen LogP contribution in [0.2, 0.25) is 0 Å². The van der Waals surface area contributed by atoms with E-state index in [1.165, 1.54) is 30.5 Å². The normalized spacial score (nSPS) is 15.1. The molecular weight excluding hydrogens is 451 g/mol. The summed E-state index contributed by atoms with van der Waals surface area (Å²) in [5.41, 5.74) is 8.25. The molecule has 0 saturated heterocycles. The highest BCUT2D eigenvalue weighted by atomic mass is 32.2. The van der Waals surface area contributed by atoms with Crippen LogP contribution in [0.25, 0.3) is 17.2 Å². The van der Waals surface area contributed by atoms with E-state index >= 15 is 0 Å². The summed E-state index contributed by atoms with van der Waals surface area (Å²) >= 11 is 0. The fourth-order valence-electron chi connectivity index (χ4n) is 3.84. The Bertz CT molecular complexity index is 1360. The van der Waals surface area contributed by atoms with E-state index in [9.17, 15) is 18.5 Å². The molecule has 3 aromatic carbocycles. The lowest BCUT2D eigenvalue weighted by Crippen LogP contribution is -2.17. The number of hydrogen-bond acceptors (Lipinski definition) is 4. The van der Waals surface area contributed by atoms with E-state index in [2.05, 4.69) is 10.5 Å². The number of fused-ring (bicyclic) bond motifs is 1. The molecule has 0 aromatic heterocycles. The van der Waals surface area contributed by atoms with E-state index in [4.69, 9.17) is 0 Å². The van der Waals surface area contributed by atoms with Crippen LogP contribution in [-0.4, -0.2) is 27.7 Å². The van der Waals surface area contributed by atoms with Gasteiger partial charge in [-0.05, 0) is 101 Å². The summed E-state index contributed by atoms with van der Waals surface area (Å²) in [6.07, 6.45) is 5.15. The van der Waals surface area contributed by atoms with Crippen LogP contribution in [0, 0.1) is 5.82 Å². The minimum atomic E-state index is -1.05. The van der Waals surface area contributed by atoms with E-state index in [0.717, 1.165) is 38.3 Å². The summed E-state index contributed by atoms with van der Waals surface area (Å²) < 4.78 is 25.7. The summed E-state index contributed by atoms with van der Waals surface area (Å²) in [6.45, 7) is 1.92. The average Bonchev–Trinajstić information content (AvgIpc) is 3.06. The summed E-state index contributed by atoms with van der Waals surface area (Å²) in [7, 11) is -1.05. The maximum atomic E-state index is 14.1. The van der Waals surface area contributed by atoms with E-state index < -0.39 is 10.8 Å². The fraction of sp³-hybridized carbons (Fsp3) is 0.111. The molecule has 34 heavy (non-hydrogen) atoms. The summed E-state index contributed by atoms with van der Waals surface area (Å²) in [5.74, 6) is -0.544. The van der Waals surface area contributed by atoms with Gasteiger partial charge in [-0.3, -0.25) is 9.00 Å². The number of carbonyl (C=O) groups is 1. The van der Waals surface area contributed by atoms with Crippen LogP contribution < -0.4 is 5.43 Å². The molecule has 3 aromatic rings. The lowest BCUT2D eigenvalue weighted by atomic mass is 10.0. The van der Waals surface area contributed by atoms with E-state index in [-0.39, 0.29) is 23.9 Å². The molecule has 2 N–H and O–H groups in total. The number of allylic oxidation sites excluding steroid dienone is 2. The summed E-state index contributed by atoms with van der Waals surface area (Å²) in [5, 5.41) is 13.3. The van der Waals surface area contributed by atoms with E-state index in [1.807, 2.05) is 37.3 Å². The Morgan fingerprint density at radius 2 is 1.71 bits per heavy atom. The summed E-state index contributed by atoms with van der Waals surface area (Å²) in [4.78, 5) is 13.4. The van der Waals surface area contributed by atoms with Crippen molar-refractivity contribution in [3.63, 3.8) is 0 Å². The number of nitrogens with one attached hydrogen (secondary N) is 1. The molecule has 0 saturated carbocycles. The number of phenolic OH excluding ortho intramolecular Hbond substituents is 1. The maximum absolute atomic E-state index is 14.1. The van der Waals surface area contributed by atoms with Crippen molar-refractivity contribution in [2.75, 3.05) is 6.26 Å². The molecule has 1 amide bonds. The maximum Gasteiger partial charge on any atom is 0.244 e. The smallest absolute Gasteiger partial charge is 0.244 e. The minimum absolute atomic E-state index is 0.0420. The number of halogens is 1. The van der Waals surface area contributed by atoms with Crippen molar-refractivity contribution >= 4 is 40.1 Å². The largest absolute Gasteiger partial charge is 0.508 e. The first kappa shape index (κ1) is 23.3. The Balaban J connectivity index is 1.58. The lowest BCUT2D eigenvalue weighted by molar-refractivity contribution is -0.120. The van der Waals surface area contributed by atoms with Gasteiger partial charge in [0.1, 0.15) is 11.6 Å². The van der Waals surface area contributed by atoms with Crippen LogP contribution in [0.5, 0.6) is 5.75 Å². The predicted molar refractivity (Wildman–Crippen MR) is 134 cm³/mol. The van der Waals surface area contributed by atoms with Gasteiger partial charge in [-0.15, -0.1) is 0 Å². The Morgan fingerprint density at radius 3 is 2.38 bits per heavy atom. The Kier molecular flexibility index (Phi) is 6.84. The van der Waals surface area contributed by atoms with Crippen LogP contribution in [-0.2, 0) is 15.6 Å². The Labute approximate surface area is 199 Å². The first-order valence-corrected chi connectivity index (χ1v) is 12.1. The summed E-state index contributed by atoms with van der Waals surface area (Å²) in [6, 6.07) is 18.4. The zero-order valence-electron chi connectivity index (χ0n) is 18.7. The first-order chi connectivity index (χ1) is 16.3. The topological polar surface area (TPSA) is 78.8 Å². The average molecular weight is 475 g/mol. The van der Waals surface area contributed by atoms with Crippen molar-refractivity contribution in [3.05, 3.63) is 100 Å². The van der Waals surface area contributed by atoms with Gasteiger partial charge in [0.2, 0.25) is 5.91 Å². The number of benzene rings is 3. The monoisotopic (exact) mass is 474 g/mol. The molecule has 1 aliphatic carbocycles. The van der Waals surface area contributed by atoms with Crippen LogP contribution in [0.1, 0.15) is 35.6 Å². The molecule has 7 heteroatoms. The Hall–Kier alpha value is -3.84. The van der Waals surface area contributed by atoms with Crippen LogP contribution in [0.15, 0.2) is 82.3 Å². The quantitative estimate of drug-likeness (QED) is 0.384. The third-order valence-electron chi connectivity index (χ3n) is 5.61. The number of rotatable bonds is 6. The van der Waals surface area contributed by atoms with Crippen molar-refractivity contribution in [1.82, 2.24) is 5.43 Å². The molecule has 1 aliphatic rings. The SMILES string of the molecule is CC1=C(CC(=O)NN=Cc2ccc(O)cc2)c2cc(F)ccc2/C1=C\c1ccc(S(C)=O)cc1. The number of aromatic hydroxyl groups is 1. The zero-order valence-corrected chi connectivity index (χ0v) is 19.5.